The Hall–Kier alpha value is -1.24. The largest absolute Gasteiger partial charge is 0.308 e. The first-order valence-electron chi connectivity index (χ1n) is 6.56. The van der Waals surface area contributed by atoms with E-state index < -0.39 is 0 Å². The second kappa shape index (κ2) is 4.70. The van der Waals surface area contributed by atoms with Gasteiger partial charge in [-0.2, -0.15) is 0 Å². The molecular formula is C13H19N5S. The van der Waals surface area contributed by atoms with E-state index in [0.717, 1.165) is 34.9 Å². The molecule has 2 aromatic heterocycles. The SMILES string of the molecule is CC1(C)CCCN1Cc1nc(NN)c2ccsc2n1. The molecule has 0 aliphatic carbocycles. The van der Waals surface area contributed by atoms with Crippen LogP contribution in [-0.2, 0) is 6.54 Å². The molecule has 3 heterocycles. The number of fused-ring (bicyclic) bond motifs is 1. The lowest BCUT2D eigenvalue weighted by molar-refractivity contribution is 0.162. The third-order valence-electron chi connectivity index (χ3n) is 3.91. The molecule has 0 aromatic carbocycles. The predicted molar refractivity (Wildman–Crippen MR) is 78.9 cm³/mol. The monoisotopic (exact) mass is 277 g/mol. The molecule has 2 aromatic rings. The van der Waals surface area contributed by atoms with Crippen LogP contribution in [0.5, 0.6) is 0 Å². The molecule has 0 amide bonds. The zero-order valence-electron chi connectivity index (χ0n) is 11.3. The third kappa shape index (κ3) is 2.31. The fraction of sp³-hybridized carbons (Fsp3) is 0.538. The third-order valence-corrected chi connectivity index (χ3v) is 4.72. The topological polar surface area (TPSA) is 67.1 Å². The number of thiophene rings is 1. The summed E-state index contributed by atoms with van der Waals surface area (Å²) in [5.41, 5.74) is 2.92. The van der Waals surface area contributed by atoms with Gasteiger partial charge in [0.1, 0.15) is 10.7 Å². The molecule has 0 saturated carbocycles. The Morgan fingerprint density at radius 3 is 3.00 bits per heavy atom. The fourth-order valence-corrected chi connectivity index (χ4v) is 3.49. The molecular weight excluding hydrogens is 258 g/mol. The summed E-state index contributed by atoms with van der Waals surface area (Å²) in [5, 5.41) is 3.01. The zero-order chi connectivity index (χ0) is 13.5. The van der Waals surface area contributed by atoms with E-state index in [9.17, 15) is 0 Å². The highest BCUT2D eigenvalue weighted by atomic mass is 32.1. The number of hydrazine groups is 1. The minimum Gasteiger partial charge on any atom is -0.308 e. The Balaban J connectivity index is 1.92. The van der Waals surface area contributed by atoms with Gasteiger partial charge in [0.15, 0.2) is 5.82 Å². The maximum Gasteiger partial charge on any atom is 0.152 e. The van der Waals surface area contributed by atoms with Crippen LogP contribution in [0.4, 0.5) is 5.82 Å². The number of nitrogens with zero attached hydrogens (tertiary/aromatic N) is 3. The molecule has 1 saturated heterocycles. The van der Waals surface area contributed by atoms with Crippen molar-refractivity contribution in [2.45, 2.75) is 38.8 Å². The summed E-state index contributed by atoms with van der Waals surface area (Å²) >= 11 is 1.62. The smallest absolute Gasteiger partial charge is 0.152 e. The van der Waals surface area contributed by atoms with Gasteiger partial charge in [-0.1, -0.05) is 0 Å². The number of rotatable bonds is 3. The van der Waals surface area contributed by atoms with E-state index in [1.54, 1.807) is 11.3 Å². The summed E-state index contributed by atoms with van der Waals surface area (Å²) in [5.74, 6) is 7.12. The van der Waals surface area contributed by atoms with Crippen LogP contribution < -0.4 is 11.3 Å². The van der Waals surface area contributed by atoms with E-state index in [1.807, 2.05) is 11.4 Å². The Kier molecular flexibility index (Phi) is 3.16. The van der Waals surface area contributed by atoms with Gasteiger partial charge < -0.3 is 5.43 Å². The number of hydrogen-bond donors (Lipinski definition) is 2. The first-order chi connectivity index (χ1) is 9.10. The minimum atomic E-state index is 0.240. The van der Waals surface area contributed by atoms with Crippen molar-refractivity contribution in [2.24, 2.45) is 5.84 Å². The minimum absolute atomic E-state index is 0.240. The number of nitrogen functional groups attached to an aromatic ring is 1. The maximum atomic E-state index is 5.56. The standard InChI is InChI=1S/C13H19N5S/c1-13(2)5-3-6-18(13)8-10-15-11(17-14)9-4-7-19-12(9)16-10/h4,7H,3,5-6,8,14H2,1-2H3,(H,15,16,17). The van der Waals surface area contributed by atoms with Crippen molar-refractivity contribution in [3.05, 3.63) is 17.3 Å². The normalized spacial score (nSPS) is 19.1. The number of nitrogens with two attached hydrogens (primary N) is 1. The van der Waals surface area contributed by atoms with Gasteiger partial charge in [-0.15, -0.1) is 11.3 Å². The lowest BCUT2D eigenvalue weighted by Crippen LogP contribution is -2.38. The highest BCUT2D eigenvalue weighted by Gasteiger charge is 2.32. The molecule has 0 bridgehead atoms. The highest BCUT2D eigenvalue weighted by Crippen LogP contribution is 2.30. The van der Waals surface area contributed by atoms with Crippen molar-refractivity contribution in [3.8, 4) is 0 Å². The van der Waals surface area contributed by atoms with Gasteiger partial charge in [0, 0.05) is 5.54 Å². The predicted octanol–water partition coefficient (Wildman–Crippen LogP) is 2.35. The summed E-state index contributed by atoms with van der Waals surface area (Å²) in [6, 6.07) is 2.00. The molecule has 5 nitrogen and oxygen atoms in total. The Bertz CT molecular complexity index is 592. The van der Waals surface area contributed by atoms with Crippen molar-refractivity contribution in [1.29, 1.82) is 0 Å². The first kappa shape index (κ1) is 12.8. The van der Waals surface area contributed by atoms with Gasteiger partial charge in [0.25, 0.3) is 0 Å². The highest BCUT2D eigenvalue weighted by molar-refractivity contribution is 7.16. The van der Waals surface area contributed by atoms with Crippen molar-refractivity contribution in [1.82, 2.24) is 14.9 Å². The van der Waals surface area contributed by atoms with Crippen molar-refractivity contribution in [3.63, 3.8) is 0 Å². The van der Waals surface area contributed by atoms with E-state index in [4.69, 9.17) is 5.84 Å². The van der Waals surface area contributed by atoms with Crippen molar-refractivity contribution < 1.29 is 0 Å². The van der Waals surface area contributed by atoms with Crippen molar-refractivity contribution >= 4 is 27.4 Å². The number of anilines is 1. The molecule has 0 spiro atoms. The quantitative estimate of drug-likeness (QED) is 0.666. The van der Waals surface area contributed by atoms with Gasteiger partial charge in [-0.3, -0.25) is 4.90 Å². The fourth-order valence-electron chi connectivity index (χ4n) is 2.71. The van der Waals surface area contributed by atoms with Crippen LogP contribution in [0.1, 0.15) is 32.5 Å². The Morgan fingerprint density at radius 1 is 1.47 bits per heavy atom. The molecule has 1 fully saturated rings. The van der Waals surface area contributed by atoms with E-state index in [1.165, 1.54) is 12.8 Å². The van der Waals surface area contributed by atoms with Gasteiger partial charge in [0.2, 0.25) is 0 Å². The van der Waals surface area contributed by atoms with Gasteiger partial charge >= 0.3 is 0 Å². The summed E-state index contributed by atoms with van der Waals surface area (Å²) in [7, 11) is 0. The molecule has 19 heavy (non-hydrogen) atoms. The summed E-state index contributed by atoms with van der Waals surface area (Å²) in [4.78, 5) is 12.6. The molecule has 6 heteroatoms. The molecule has 1 aliphatic heterocycles. The molecule has 3 rings (SSSR count). The molecule has 0 unspecified atom stereocenters. The van der Waals surface area contributed by atoms with Crippen LogP contribution in [0.3, 0.4) is 0 Å². The first-order valence-corrected chi connectivity index (χ1v) is 7.44. The molecule has 1 aliphatic rings. The molecule has 102 valence electrons. The lowest BCUT2D eigenvalue weighted by Gasteiger charge is -2.30. The summed E-state index contributed by atoms with van der Waals surface area (Å²) < 4.78 is 0. The van der Waals surface area contributed by atoms with E-state index in [-0.39, 0.29) is 5.54 Å². The van der Waals surface area contributed by atoms with Crippen molar-refractivity contribution in [2.75, 3.05) is 12.0 Å². The number of hydrogen-bond acceptors (Lipinski definition) is 6. The van der Waals surface area contributed by atoms with E-state index in [2.05, 4.69) is 34.1 Å². The molecule has 0 radical (unpaired) electrons. The van der Waals surface area contributed by atoms with Crippen LogP contribution in [0.2, 0.25) is 0 Å². The second-order valence-corrected chi connectivity index (χ2v) is 6.50. The summed E-state index contributed by atoms with van der Waals surface area (Å²) in [6.45, 7) is 6.47. The van der Waals surface area contributed by atoms with Gasteiger partial charge in [-0.25, -0.2) is 15.8 Å². The lowest BCUT2D eigenvalue weighted by atomic mass is 10.0. The number of likely N-dealkylation sites (tertiary alicyclic amines) is 1. The summed E-state index contributed by atoms with van der Waals surface area (Å²) in [6.07, 6.45) is 2.48. The average molecular weight is 277 g/mol. The van der Waals surface area contributed by atoms with Crippen LogP contribution in [0, 0.1) is 0 Å². The van der Waals surface area contributed by atoms with Crippen LogP contribution in [0.15, 0.2) is 11.4 Å². The van der Waals surface area contributed by atoms with Crippen LogP contribution in [0.25, 0.3) is 10.2 Å². The van der Waals surface area contributed by atoms with E-state index >= 15 is 0 Å². The average Bonchev–Trinajstić information content (AvgIpc) is 2.95. The molecule has 3 N–H and O–H groups in total. The number of nitrogens with one attached hydrogen (secondary N) is 1. The van der Waals surface area contributed by atoms with Crippen LogP contribution >= 0.6 is 11.3 Å². The second-order valence-electron chi connectivity index (χ2n) is 5.61. The van der Waals surface area contributed by atoms with Crippen LogP contribution in [-0.4, -0.2) is 27.0 Å². The zero-order valence-corrected chi connectivity index (χ0v) is 12.1. The molecule has 0 atom stereocenters. The Morgan fingerprint density at radius 2 is 2.32 bits per heavy atom. The number of aromatic nitrogens is 2. The van der Waals surface area contributed by atoms with Gasteiger partial charge in [-0.05, 0) is 44.7 Å². The van der Waals surface area contributed by atoms with Gasteiger partial charge in [0.05, 0.1) is 11.9 Å². The van der Waals surface area contributed by atoms with E-state index in [0.29, 0.717) is 0 Å². The Labute approximate surface area is 116 Å². The maximum absolute atomic E-state index is 5.56.